The van der Waals surface area contributed by atoms with Gasteiger partial charge in [-0.2, -0.15) is 0 Å². The number of hydrogen-bond donors (Lipinski definition) is 2. The van der Waals surface area contributed by atoms with E-state index in [4.69, 9.17) is 5.53 Å². The molecule has 0 aliphatic rings. The second-order valence-corrected chi connectivity index (χ2v) is 3.99. The van der Waals surface area contributed by atoms with Gasteiger partial charge in [-0.1, -0.05) is 17.2 Å². The minimum Gasteiger partial charge on any atom is -0.390 e. The van der Waals surface area contributed by atoms with E-state index in [1.807, 2.05) is 0 Å². The number of carbonyl (C=O) groups is 1. The average Bonchev–Trinajstić information content (AvgIpc) is 2.38. The van der Waals surface area contributed by atoms with Gasteiger partial charge in [0.15, 0.2) is 0 Å². The van der Waals surface area contributed by atoms with Gasteiger partial charge >= 0.3 is 0 Å². The highest BCUT2D eigenvalue weighted by Crippen LogP contribution is 2.23. The number of azide groups is 1. The van der Waals surface area contributed by atoms with E-state index in [9.17, 15) is 15.0 Å². The number of nitrogens with zero attached hydrogens (tertiary/aromatic N) is 3. The minimum atomic E-state index is -1.10. The van der Waals surface area contributed by atoms with Crippen LogP contribution in [-0.4, -0.2) is 29.1 Å². The lowest BCUT2D eigenvalue weighted by Gasteiger charge is -2.19. The molecule has 1 aromatic carbocycles. The Morgan fingerprint density at radius 2 is 2.22 bits per heavy atom. The van der Waals surface area contributed by atoms with E-state index in [1.54, 1.807) is 25.1 Å². The number of hydrogen-bond acceptors (Lipinski definition) is 4. The van der Waals surface area contributed by atoms with Crippen LogP contribution in [0.15, 0.2) is 23.3 Å². The van der Waals surface area contributed by atoms with Gasteiger partial charge in [0.1, 0.15) is 12.4 Å². The normalized spacial score (nSPS) is 13.5. The lowest BCUT2D eigenvalue weighted by molar-refractivity contribution is 0.0146. The molecule has 0 saturated carbocycles. The summed E-state index contributed by atoms with van der Waals surface area (Å²) in [6.45, 7) is 1.90. The van der Waals surface area contributed by atoms with Gasteiger partial charge in [0.05, 0.1) is 6.10 Å². The van der Waals surface area contributed by atoms with Crippen LogP contribution in [0.5, 0.6) is 0 Å². The molecule has 96 valence electrons. The molecule has 2 unspecified atom stereocenters. The number of aryl methyl sites for hydroxylation is 1. The molecular weight excluding hydrogens is 234 g/mol. The summed E-state index contributed by atoms with van der Waals surface area (Å²) in [5.74, 6) is 0. The number of aliphatic hydroxyl groups is 2. The Hall–Kier alpha value is -1.88. The number of carbonyl (C=O) groups excluding carboxylic acids is 1. The number of aldehydes is 1. The minimum absolute atomic E-state index is 0.112. The van der Waals surface area contributed by atoms with Gasteiger partial charge in [-0.3, -0.25) is 4.79 Å². The van der Waals surface area contributed by atoms with Crippen LogP contribution in [0.3, 0.4) is 0 Å². The van der Waals surface area contributed by atoms with Gasteiger partial charge in [0, 0.05) is 17.0 Å². The van der Waals surface area contributed by atoms with Crippen molar-refractivity contribution in [2.75, 3.05) is 6.54 Å². The Labute approximate surface area is 105 Å². The van der Waals surface area contributed by atoms with Crippen LogP contribution in [0, 0.1) is 6.92 Å². The monoisotopic (exact) mass is 249 g/mol. The van der Waals surface area contributed by atoms with Gasteiger partial charge in [-0.25, -0.2) is 0 Å². The maximum atomic E-state index is 10.7. The molecule has 0 fully saturated rings. The summed E-state index contributed by atoms with van der Waals surface area (Å²) in [5, 5.41) is 23.0. The lowest BCUT2D eigenvalue weighted by Crippen LogP contribution is -2.20. The van der Waals surface area contributed by atoms with Gasteiger partial charge in [-0.05, 0) is 36.1 Å². The predicted molar refractivity (Wildman–Crippen MR) is 66.2 cm³/mol. The molecule has 18 heavy (non-hydrogen) atoms. The third-order valence-corrected chi connectivity index (χ3v) is 2.71. The highest BCUT2D eigenvalue weighted by atomic mass is 16.3. The molecule has 2 N–H and O–H groups in total. The third kappa shape index (κ3) is 3.56. The summed E-state index contributed by atoms with van der Waals surface area (Å²) in [6.07, 6.45) is -1.28. The van der Waals surface area contributed by atoms with E-state index in [-0.39, 0.29) is 13.0 Å². The average molecular weight is 249 g/mol. The maximum absolute atomic E-state index is 10.7. The number of benzene rings is 1. The van der Waals surface area contributed by atoms with Crippen molar-refractivity contribution in [2.24, 2.45) is 5.11 Å². The van der Waals surface area contributed by atoms with Gasteiger partial charge in [0.25, 0.3) is 0 Å². The molecule has 0 aromatic heterocycles. The molecule has 2 atom stereocenters. The van der Waals surface area contributed by atoms with Crippen molar-refractivity contribution in [1.29, 1.82) is 0 Å². The zero-order valence-corrected chi connectivity index (χ0v) is 10.0. The number of rotatable bonds is 6. The van der Waals surface area contributed by atoms with Crippen LogP contribution in [0.1, 0.15) is 34.0 Å². The quantitative estimate of drug-likeness (QED) is 0.348. The SMILES string of the molecule is Cc1ccc(C=O)cc1C(O)C(O)CCN=[N+]=[N-]. The van der Waals surface area contributed by atoms with Crippen molar-refractivity contribution in [3.05, 3.63) is 45.3 Å². The highest BCUT2D eigenvalue weighted by molar-refractivity contribution is 5.75. The predicted octanol–water partition coefficient (Wildman–Crippen LogP) is 1.90. The van der Waals surface area contributed by atoms with E-state index in [0.29, 0.717) is 17.4 Å². The van der Waals surface area contributed by atoms with Crippen molar-refractivity contribution >= 4 is 6.29 Å². The summed E-state index contributed by atoms with van der Waals surface area (Å²) in [7, 11) is 0. The van der Waals surface area contributed by atoms with E-state index in [2.05, 4.69) is 10.0 Å². The van der Waals surface area contributed by atoms with Crippen molar-refractivity contribution in [3.63, 3.8) is 0 Å². The third-order valence-electron chi connectivity index (χ3n) is 2.71. The highest BCUT2D eigenvalue weighted by Gasteiger charge is 2.19. The van der Waals surface area contributed by atoms with Crippen LogP contribution < -0.4 is 0 Å². The first-order chi connectivity index (χ1) is 8.60. The Balaban J connectivity index is 2.84. The molecule has 1 rings (SSSR count). The fourth-order valence-electron chi connectivity index (χ4n) is 1.65. The second kappa shape index (κ2) is 6.76. The maximum Gasteiger partial charge on any atom is 0.150 e. The summed E-state index contributed by atoms with van der Waals surface area (Å²) in [5.41, 5.74) is 9.86. The van der Waals surface area contributed by atoms with Crippen LogP contribution in [0.4, 0.5) is 0 Å². The smallest absolute Gasteiger partial charge is 0.150 e. The van der Waals surface area contributed by atoms with E-state index in [0.717, 1.165) is 5.56 Å². The first-order valence-electron chi connectivity index (χ1n) is 5.53. The Bertz CT molecular complexity index is 470. The summed E-state index contributed by atoms with van der Waals surface area (Å²) < 4.78 is 0. The molecule has 0 aliphatic carbocycles. The first kappa shape index (κ1) is 14.2. The van der Waals surface area contributed by atoms with E-state index < -0.39 is 12.2 Å². The Kier molecular flexibility index (Phi) is 5.32. The molecule has 1 aromatic rings. The molecule has 6 nitrogen and oxygen atoms in total. The molecule has 0 saturated heterocycles. The largest absolute Gasteiger partial charge is 0.390 e. The molecule has 0 radical (unpaired) electrons. The van der Waals surface area contributed by atoms with Crippen LogP contribution in [-0.2, 0) is 0 Å². The molecule has 0 aliphatic heterocycles. The van der Waals surface area contributed by atoms with Crippen LogP contribution in [0.2, 0.25) is 0 Å². The zero-order chi connectivity index (χ0) is 13.5. The van der Waals surface area contributed by atoms with Gasteiger partial charge in [0.2, 0.25) is 0 Å². The Morgan fingerprint density at radius 1 is 1.50 bits per heavy atom. The fraction of sp³-hybridized carbons (Fsp3) is 0.417. The second-order valence-electron chi connectivity index (χ2n) is 3.99. The molecule has 0 spiro atoms. The van der Waals surface area contributed by atoms with Crippen molar-refractivity contribution < 1.29 is 15.0 Å². The van der Waals surface area contributed by atoms with Crippen LogP contribution in [0.25, 0.3) is 10.4 Å². The standard InChI is InChI=1S/C12H15N3O3/c1-8-2-3-9(7-16)6-10(8)12(18)11(17)4-5-14-15-13/h2-3,6-7,11-12,17-18H,4-5H2,1H3. The molecular formula is C12H15N3O3. The zero-order valence-electron chi connectivity index (χ0n) is 10.0. The fourth-order valence-corrected chi connectivity index (χ4v) is 1.65. The van der Waals surface area contributed by atoms with E-state index >= 15 is 0 Å². The molecule has 0 amide bonds. The van der Waals surface area contributed by atoms with E-state index in [1.165, 1.54) is 0 Å². The Morgan fingerprint density at radius 3 is 2.83 bits per heavy atom. The summed E-state index contributed by atoms with van der Waals surface area (Å²) in [4.78, 5) is 13.2. The van der Waals surface area contributed by atoms with Crippen molar-refractivity contribution in [1.82, 2.24) is 0 Å². The molecule has 0 bridgehead atoms. The van der Waals surface area contributed by atoms with Crippen molar-refractivity contribution in [2.45, 2.75) is 25.6 Å². The summed E-state index contributed by atoms with van der Waals surface area (Å²) >= 11 is 0. The number of aliphatic hydroxyl groups excluding tert-OH is 2. The molecule has 0 heterocycles. The van der Waals surface area contributed by atoms with Crippen molar-refractivity contribution in [3.8, 4) is 0 Å². The van der Waals surface area contributed by atoms with Gasteiger partial charge < -0.3 is 10.2 Å². The lowest BCUT2D eigenvalue weighted by atomic mass is 9.96. The van der Waals surface area contributed by atoms with Crippen LogP contribution >= 0.6 is 0 Å². The first-order valence-corrected chi connectivity index (χ1v) is 5.53. The summed E-state index contributed by atoms with van der Waals surface area (Å²) in [6, 6.07) is 4.90. The topological polar surface area (TPSA) is 106 Å². The molecule has 6 heteroatoms. The van der Waals surface area contributed by atoms with Gasteiger partial charge in [-0.15, -0.1) is 0 Å².